The van der Waals surface area contributed by atoms with E-state index in [0.717, 1.165) is 17.3 Å². The average molecular weight is 217 g/mol. The lowest BCUT2D eigenvalue weighted by Crippen LogP contribution is -2.02. The topological polar surface area (TPSA) is 31.4 Å². The number of para-hydroxylation sites is 1. The van der Waals surface area contributed by atoms with Gasteiger partial charge in [0.15, 0.2) is 0 Å². The lowest BCUT2D eigenvalue weighted by atomic mass is 10.2. The van der Waals surface area contributed by atoms with E-state index in [4.69, 9.17) is 9.47 Å². The molecule has 2 rings (SSSR count). The Morgan fingerprint density at radius 3 is 2.81 bits per heavy atom. The molecule has 0 aliphatic rings. The zero-order valence-corrected chi connectivity index (χ0v) is 9.35. The molecule has 0 amide bonds. The van der Waals surface area contributed by atoms with E-state index in [1.807, 2.05) is 36.4 Å². The number of ether oxygens (including phenoxy) is 2. The molecule has 1 aromatic heterocycles. The molecule has 0 saturated heterocycles. The molecule has 1 aromatic carbocycles. The summed E-state index contributed by atoms with van der Waals surface area (Å²) < 4.78 is 10.5. The molecule has 0 saturated carbocycles. The number of nitrogens with zero attached hydrogens (tertiary/aromatic N) is 1. The minimum absolute atomic E-state index is 0.638. The highest BCUT2D eigenvalue weighted by atomic mass is 16.5. The fraction of sp³-hybridized carbons (Fsp3) is 0.308. The molecule has 84 valence electrons. The Kier molecular flexibility index (Phi) is 3.72. The Bertz CT molecular complexity index is 456. The molecule has 0 radical (unpaired) electrons. The van der Waals surface area contributed by atoms with Gasteiger partial charge in [-0.25, -0.2) is 4.98 Å². The number of fused-ring (bicyclic) bond motifs is 1. The number of pyridine rings is 1. The molecule has 3 nitrogen and oxygen atoms in total. The molecule has 2 aromatic rings. The molecule has 0 aliphatic heterocycles. The van der Waals surface area contributed by atoms with Gasteiger partial charge in [0.1, 0.15) is 0 Å². The first-order chi connectivity index (χ1) is 7.90. The zero-order valence-electron chi connectivity index (χ0n) is 9.35. The van der Waals surface area contributed by atoms with Crippen molar-refractivity contribution in [2.24, 2.45) is 0 Å². The predicted molar refractivity (Wildman–Crippen MR) is 63.7 cm³/mol. The molecular weight excluding hydrogens is 202 g/mol. The highest BCUT2D eigenvalue weighted by Gasteiger charge is 1.98. The SMILES string of the molecule is COCCCOc1ccc2ccccc2n1. The third-order valence-electron chi connectivity index (χ3n) is 2.32. The quantitative estimate of drug-likeness (QED) is 0.721. The maximum Gasteiger partial charge on any atom is 0.213 e. The first-order valence-electron chi connectivity index (χ1n) is 5.37. The first-order valence-corrected chi connectivity index (χ1v) is 5.37. The Morgan fingerprint density at radius 1 is 1.06 bits per heavy atom. The number of hydrogen-bond donors (Lipinski definition) is 0. The molecule has 16 heavy (non-hydrogen) atoms. The van der Waals surface area contributed by atoms with Crippen LogP contribution in [0.4, 0.5) is 0 Å². The van der Waals surface area contributed by atoms with E-state index >= 15 is 0 Å². The van der Waals surface area contributed by atoms with Crippen molar-refractivity contribution in [1.82, 2.24) is 4.98 Å². The van der Waals surface area contributed by atoms with Gasteiger partial charge < -0.3 is 9.47 Å². The molecule has 0 fully saturated rings. The third-order valence-corrected chi connectivity index (χ3v) is 2.32. The molecule has 0 unspecified atom stereocenters. The molecular formula is C13H15NO2. The van der Waals surface area contributed by atoms with Crippen molar-refractivity contribution in [3.8, 4) is 5.88 Å². The summed E-state index contributed by atoms with van der Waals surface area (Å²) in [6.07, 6.45) is 0.880. The van der Waals surface area contributed by atoms with E-state index in [0.29, 0.717) is 19.1 Å². The molecule has 0 spiro atoms. The van der Waals surface area contributed by atoms with E-state index in [-0.39, 0.29) is 0 Å². The number of methoxy groups -OCH3 is 1. The van der Waals surface area contributed by atoms with Gasteiger partial charge in [-0.05, 0) is 12.1 Å². The third kappa shape index (κ3) is 2.70. The van der Waals surface area contributed by atoms with E-state index in [9.17, 15) is 0 Å². The number of rotatable bonds is 5. The molecule has 0 bridgehead atoms. The number of hydrogen-bond acceptors (Lipinski definition) is 3. The Labute approximate surface area is 95.0 Å². The molecule has 1 heterocycles. The Hall–Kier alpha value is -1.61. The minimum atomic E-state index is 0.638. The molecule has 0 atom stereocenters. The fourth-order valence-electron chi connectivity index (χ4n) is 1.51. The number of benzene rings is 1. The summed E-state index contributed by atoms with van der Waals surface area (Å²) in [5, 5.41) is 1.13. The second-order valence-corrected chi connectivity index (χ2v) is 3.54. The van der Waals surface area contributed by atoms with E-state index in [2.05, 4.69) is 4.98 Å². The van der Waals surface area contributed by atoms with Crippen molar-refractivity contribution in [3.63, 3.8) is 0 Å². The lowest BCUT2D eigenvalue weighted by Gasteiger charge is -2.05. The maximum absolute atomic E-state index is 5.53. The first kappa shape index (κ1) is 10.9. The van der Waals surface area contributed by atoms with Gasteiger partial charge in [-0.15, -0.1) is 0 Å². The molecule has 3 heteroatoms. The lowest BCUT2D eigenvalue weighted by molar-refractivity contribution is 0.170. The summed E-state index contributed by atoms with van der Waals surface area (Å²) in [6.45, 7) is 1.35. The zero-order chi connectivity index (χ0) is 11.2. The van der Waals surface area contributed by atoms with E-state index < -0.39 is 0 Å². The summed E-state index contributed by atoms with van der Waals surface area (Å²) in [7, 11) is 1.69. The maximum atomic E-state index is 5.53. The van der Waals surface area contributed by atoms with Crippen molar-refractivity contribution in [2.45, 2.75) is 6.42 Å². The average Bonchev–Trinajstić information content (AvgIpc) is 2.34. The van der Waals surface area contributed by atoms with Crippen LogP contribution in [0.15, 0.2) is 36.4 Å². The van der Waals surface area contributed by atoms with Crippen LogP contribution in [-0.4, -0.2) is 25.3 Å². The summed E-state index contributed by atoms with van der Waals surface area (Å²) in [5.74, 6) is 0.676. The monoisotopic (exact) mass is 217 g/mol. The van der Waals surface area contributed by atoms with Crippen molar-refractivity contribution in [1.29, 1.82) is 0 Å². The molecule has 0 aliphatic carbocycles. The largest absolute Gasteiger partial charge is 0.478 e. The van der Waals surface area contributed by atoms with Gasteiger partial charge in [0.2, 0.25) is 5.88 Å². The van der Waals surface area contributed by atoms with Crippen LogP contribution in [-0.2, 0) is 4.74 Å². The normalized spacial score (nSPS) is 10.6. The fourth-order valence-corrected chi connectivity index (χ4v) is 1.51. The van der Waals surface area contributed by atoms with Crippen LogP contribution in [0.5, 0.6) is 5.88 Å². The second kappa shape index (κ2) is 5.47. The van der Waals surface area contributed by atoms with Crippen molar-refractivity contribution < 1.29 is 9.47 Å². The van der Waals surface area contributed by atoms with Gasteiger partial charge in [-0.2, -0.15) is 0 Å². The van der Waals surface area contributed by atoms with E-state index in [1.165, 1.54) is 0 Å². The summed E-state index contributed by atoms with van der Waals surface area (Å²) >= 11 is 0. The van der Waals surface area contributed by atoms with Crippen LogP contribution in [0.3, 0.4) is 0 Å². The van der Waals surface area contributed by atoms with Crippen LogP contribution < -0.4 is 4.74 Å². The second-order valence-electron chi connectivity index (χ2n) is 3.54. The van der Waals surface area contributed by atoms with Crippen LogP contribution in [0, 0.1) is 0 Å². The van der Waals surface area contributed by atoms with Gasteiger partial charge >= 0.3 is 0 Å². The minimum Gasteiger partial charge on any atom is -0.478 e. The highest BCUT2D eigenvalue weighted by molar-refractivity contribution is 5.78. The smallest absolute Gasteiger partial charge is 0.213 e. The molecule has 0 N–H and O–H groups in total. The highest BCUT2D eigenvalue weighted by Crippen LogP contribution is 2.15. The van der Waals surface area contributed by atoms with Gasteiger partial charge in [0, 0.05) is 31.6 Å². The van der Waals surface area contributed by atoms with Gasteiger partial charge in [-0.1, -0.05) is 18.2 Å². The van der Waals surface area contributed by atoms with Gasteiger partial charge in [0.05, 0.1) is 12.1 Å². The van der Waals surface area contributed by atoms with E-state index in [1.54, 1.807) is 7.11 Å². The predicted octanol–water partition coefficient (Wildman–Crippen LogP) is 2.65. The van der Waals surface area contributed by atoms with Crippen molar-refractivity contribution >= 4 is 10.9 Å². The van der Waals surface area contributed by atoms with Crippen molar-refractivity contribution in [3.05, 3.63) is 36.4 Å². The Balaban J connectivity index is 2.02. The standard InChI is InChI=1S/C13H15NO2/c1-15-9-4-10-16-13-8-7-11-5-2-3-6-12(11)14-13/h2-3,5-8H,4,9-10H2,1H3. The number of aromatic nitrogens is 1. The van der Waals surface area contributed by atoms with Crippen LogP contribution >= 0.6 is 0 Å². The van der Waals surface area contributed by atoms with Gasteiger partial charge in [0.25, 0.3) is 0 Å². The van der Waals surface area contributed by atoms with Crippen LogP contribution in [0.25, 0.3) is 10.9 Å². The summed E-state index contributed by atoms with van der Waals surface area (Å²) in [5.41, 5.74) is 0.965. The van der Waals surface area contributed by atoms with Crippen LogP contribution in [0.1, 0.15) is 6.42 Å². The summed E-state index contributed by atoms with van der Waals surface area (Å²) in [6, 6.07) is 11.9. The Morgan fingerprint density at radius 2 is 1.94 bits per heavy atom. The summed E-state index contributed by atoms with van der Waals surface area (Å²) in [4.78, 5) is 4.41. The van der Waals surface area contributed by atoms with Crippen LogP contribution in [0.2, 0.25) is 0 Å². The van der Waals surface area contributed by atoms with Gasteiger partial charge in [-0.3, -0.25) is 0 Å². The van der Waals surface area contributed by atoms with Crippen molar-refractivity contribution in [2.75, 3.05) is 20.3 Å².